The molecule has 2 heterocycles. The Labute approximate surface area is 157 Å². The molecule has 0 aliphatic heterocycles. The van der Waals surface area contributed by atoms with E-state index in [2.05, 4.69) is 39.4 Å². The van der Waals surface area contributed by atoms with Crippen LogP contribution in [0.15, 0.2) is 47.7 Å². The van der Waals surface area contributed by atoms with Crippen molar-refractivity contribution < 1.29 is 4.79 Å². The van der Waals surface area contributed by atoms with Gasteiger partial charge in [-0.05, 0) is 25.5 Å². The van der Waals surface area contributed by atoms with Gasteiger partial charge in [-0.25, -0.2) is 4.98 Å². The molecular formula is C19H24N6O2. The number of nitrogens with one attached hydrogen (secondary N) is 1. The van der Waals surface area contributed by atoms with Crippen LogP contribution in [0.25, 0.3) is 11.0 Å². The van der Waals surface area contributed by atoms with Crippen molar-refractivity contribution in [1.29, 1.82) is 0 Å². The van der Waals surface area contributed by atoms with E-state index in [-0.39, 0.29) is 18.0 Å². The average molecular weight is 368 g/mol. The summed E-state index contributed by atoms with van der Waals surface area (Å²) in [7, 11) is 1.72. The Balaban J connectivity index is 1.50. The van der Waals surface area contributed by atoms with E-state index in [4.69, 9.17) is 0 Å². The summed E-state index contributed by atoms with van der Waals surface area (Å²) in [4.78, 5) is 31.0. The standard InChI is InChI=1S/C19H24N6O2/c1-3-24(15-8-5-4-6-9-15)11-7-10-20-17(26)13-25-14-21-18-16(19(25)27)12-22-23(18)2/h4-6,8-9,12,14H,3,7,10-11,13H2,1-2H3,(H,20,26). The summed E-state index contributed by atoms with van der Waals surface area (Å²) in [6, 6.07) is 10.2. The lowest BCUT2D eigenvalue weighted by molar-refractivity contribution is -0.121. The number of rotatable bonds is 8. The fourth-order valence-corrected chi connectivity index (χ4v) is 3.00. The molecule has 1 amide bonds. The van der Waals surface area contributed by atoms with Gasteiger partial charge in [0.25, 0.3) is 5.56 Å². The number of aromatic nitrogens is 4. The topological polar surface area (TPSA) is 85.1 Å². The van der Waals surface area contributed by atoms with Gasteiger partial charge in [0.2, 0.25) is 5.91 Å². The van der Waals surface area contributed by atoms with Gasteiger partial charge < -0.3 is 10.2 Å². The molecule has 2 aromatic heterocycles. The van der Waals surface area contributed by atoms with Crippen molar-refractivity contribution in [2.45, 2.75) is 19.9 Å². The van der Waals surface area contributed by atoms with Crippen molar-refractivity contribution >= 4 is 22.6 Å². The highest BCUT2D eigenvalue weighted by Gasteiger charge is 2.11. The minimum atomic E-state index is -0.260. The van der Waals surface area contributed by atoms with E-state index in [1.54, 1.807) is 7.05 Å². The van der Waals surface area contributed by atoms with Gasteiger partial charge in [-0.15, -0.1) is 0 Å². The summed E-state index contributed by atoms with van der Waals surface area (Å²) in [5.41, 5.74) is 1.43. The van der Waals surface area contributed by atoms with E-state index < -0.39 is 0 Å². The Morgan fingerprint density at radius 1 is 1.26 bits per heavy atom. The Bertz CT molecular complexity index is 963. The number of benzene rings is 1. The average Bonchev–Trinajstić information content (AvgIpc) is 3.06. The molecule has 3 rings (SSSR count). The maximum atomic E-state index is 12.4. The van der Waals surface area contributed by atoms with Crippen molar-refractivity contribution in [3.63, 3.8) is 0 Å². The maximum Gasteiger partial charge on any atom is 0.264 e. The van der Waals surface area contributed by atoms with Crippen LogP contribution < -0.4 is 15.8 Å². The number of anilines is 1. The third-order valence-corrected chi connectivity index (χ3v) is 4.46. The van der Waals surface area contributed by atoms with E-state index >= 15 is 0 Å². The van der Waals surface area contributed by atoms with Gasteiger partial charge in [-0.1, -0.05) is 18.2 Å². The molecule has 8 heteroatoms. The number of para-hydroxylation sites is 1. The van der Waals surface area contributed by atoms with Crippen LogP contribution in [0, 0.1) is 0 Å². The lowest BCUT2D eigenvalue weighted by atomic mass is 10.2. The molecule has 0 fully saturated rings. The maximum absolute atomic E-state index is 12.4. The molecule has 0 bridgehead atoms. The number of nitrogens with zero attached hydrogens (tertiary/aromatic N) is 5. The third-order valence-electron chi connectivity index (χ3n) is 4.46. The second-order valence-corrected chi connectivity index (χ2v) is 6.30. The SMILES string of the molecule is CCN(CCCNC(=O)Cn1cnc2c(cnn2C)c1=O)c1ccccc1. The van der Waals surface area contributed by atoms with E-state index in [9.17, 15) is 9.59 Å². The summed E-state index contributed by atoms with van der Waals surface area (Å²) in [6.07, 6.45) is 3.69. The number of carbonyl (C=O) groups excluding carboxylic acids is 1. The molecule has 1 aromatic carbocycles. The van der Waals surface area contributed by atoms with Crippen LogP contribution in [0.3, 0.4) is 0 Å². The molecule has 0 atom stereocenters. The van der Waals surface area contributed by atoms with Crippen LogP contribution in [0.2, 0.25) is 0 Å². The van der Waals surface area contributed by atoms with Crippen molar-refractivity contribution in [2.75, 3.05) is 24.5 Å². The van der Waals surface area contributed by atoms with Crippen molar-refractivity contribution in [3.8, 4) is 0 Å². The first kappa shape index (κ1) is 18.6. The van der Waals surface area contributed by atoms with E-state index in [1.807, 2.05) is 18.2 Å². The number of hydrogen-bond donors (Lipinski definition) is 1. The molecular weight excluding hydrogens is 344 g/mol. The first-order valence-corrected chi connectivity index (χ1v) is 9.04. The predicted molar refractivity (Wildman–Crippen MR) is 105 cm³/mol. The van der Waals surface area contributed by atoms with Crippen LogP contribution in [-0.2, 0) is 18.4 Å². The van der Waals surface area contributed by atoms with Crippen molar-refractivity contribution in [2.24, 2.45) is 7.05 Å². The first-order chi connectivity index (χ1) is 13.1. The van der Waals surface area contributed by atoms with Crippen LogP contribution in [-0.4, -0.2) is 44.9 Å². The molecule has 0 aliphatic carbocycles. The van der Waals surface area contributed by atoms with Crippen LogP contribution in [0.4, 0.5) is 5.69 Å². The monoisotopic (exact) mass is 368 g/mol. The Hall–Kier alpha value is -3.16. The van der Waals surface area contributed by atoms with Gasteiger partial charge in [0.05, 0.1) is 6.20 Å². The molecule has 0 radical (unpaired) electrons. The van der Waals surface area contributed by atoms with Gasteiger partial charge in [0, 0.05) is 32.4 Å². The minimum Gasteiger partial charge on any atom is -0.372 e. The summed E-state index contributed by atoms with van der Waals surface area (Å²) in [6.45, 7) is 4.37. The largest absolute Gasteiger partial charge is 0.372 e. The quantitative estimate of drug-likeness (QED) is 0.603. The molecule has 1 N–H and O–H groups in total. The van der Waals surface area contributed by atoms with E-state index in [1.165, 1.54) is 27.5 Å². The Kier molecular flexibility index (Phi) is 5.85. The normalized spacial score (nSPS) is 10.9. The number of carbonyl (C=O) groups is 1. The molecule has 27 heavy (non-hydrogen) atoms. The Morgan fingerprint density at radius 3 is 2.78 bits per heavy atom. The first-order valence-electron chi connectivity index (χ1n) is 9.04. The third kappa shape index (κ3) is 4.33. The van der Waals surface area contributed by atoms with E-state index in [0.29, 0.717) is 17.6 Å². The lowest BCUT2D eigenvalue weighted by Crippen LogP contribution is -2.34. The second kappa shape index (κ2) is 8.48. The van der Waals surface area contributed by atoms with Crippen LogP contribution >= 0.6 is 0 Å². The molecule has 0 saturated heterocycles. The molecule has 0 spiro atoms. The van der Waals surface area contributed by atoms with Crippen molar-refractivity contribution in [1.82, 2.24) is 24.6 Å². The van der Waals surface area contributed by atoms with Gasteiger partial charge >= 0.3 is 0 Å². The minimum absolute atomic E-state index is 0.0488. The number of hydrogen-bond acceptors (Lipinski definition) is 5. The lowest BCUT2D eigenvalue weighted by Gasteiger charge is -2.23. The molecule has 0 aliphatic rings. The number of fused-ring (bicyclic) bond motifs is 1. The molecule has 8 nitrogen and oxygen atoms in total. The molecule has 142 valence electrons. The summed E-state index contributed by atoms with van der Waals surface area (Å²) in [5.74, 6) is -0.204. The fourth-order valence-electron chi connectivity index (χ4n) is 3.00. The molecule has 0 saturated carbocycles. The number of amides is 1. The zero-order valence-corrected chi connectivity index (χ0v) is 15.6. The van der Waals surface area contributed by atoms with Crippen molar-refractivity contribution in [3.05, 3.63) is 53.2 Å². The van der Waals surface area contributed by atoms with Crippen LogP contribution in [0.5, 0.6) is 0 Å². The number of aryl methyl sites for hydroxylation is 1. The predicted octanol–water partition coefficient (Wildman–Crippen LogP) is 1.16. The van der Waals surface area contributed by atoms with Gasteiger partial charge in [0.15, 0.2) is 5.65 Å². The second-order valence-electron chi connectivity index (χ2n) is 6.30. The molecule has 0 unspecified atom stereocenters. The van der Waals surface area contributed by atoms with Gasteiger partial charge in [-0.2, -0.15) is 5.10 Å². The zero-order valence-electron chi connectivity index (χ0n) is 15.6. The fraction of sp³-hybridized carbons (Fsp3) is 0.368. The van der Waals surface area contributed by atoms with E-state index in [0.717, 1.165) is 19.5 Å². The van der Waals surface area contributed by atoms with Gasteiger partial charge in [0.1, 0.15) is 18.3 Å². The summed E-state index contributed by atoms with van der Waals surface area (Å²) >= 11 is 0. The summed E-state index contributed by atoms with van der Waals surface area (Å²) < 4.78 is 2.84. The summed E-state index contributed by atoms with van der Waals surface area (Å²) in [5, 5.41) is 7.30. The Morgan fingerprint density at radius 2 is 2.04 bits per heavy atom. The van der Waals surface area contributed by atoms with Crippen LogP contribution in [0.1, 0.15) is 13.3 Å². The molecule has 3 aromatic rings. The van der Waals surface area contributed by atoms with Gasteiger partial charge in [-0.3, -0.25) is 18.8 Å². The smallest absolute Gasteiger partial charge is 0.264 e. The highest BCUT2D eigenvalue weighted by Crippen LogP contribution is 2.12. The highest BCUT2D eigenvalue weighted by molar-refractivity contribution is 5.77. The zero-order chi connectivity index (χ0) is 19.2. The highest BCUT2D eigenvalue weighted by atomic mass is 16.2.